The fourth-order valence-corrected chi connectivity index (χ4v) is 3.40. The van der Waals surface area contributed by atoms with Crippen molar-refractivity contribution in [1.29, 1.82) is 0 Å². The van der Waals surface area contributed by atoms with Crippen LogP contribution in [0.5, 0.6) is 0 Å². The molecule has 1 aromatic carbocycles. The first-order chi connectivity index (χ1) is 7.56. The molecule has 0 atom stereocenters. The molecule has 0 spiro atoms. The van der Waals surface area contributed by atoms with E-state index in [4.69, 9.17) is 35.4 Å². The molecule has 0 amide bonds. The summed E-state index contributed by atoms with van der Waals surface area (Å²) in [6.07, 6.45) is 0. The van der Waals surface area contributed by atoms with Crippen LogP contribution in [0.4, 0.5) is 0 Å². The minimum atomic E-state index is 0.636. The maximum atomic E-state index is 5.93. The van der Waals surface area contributed by atoms with Gasteiger partial charge in [-0.05, 0) is 32.0 Å². The lowest BCUT2D eigenvalue weighted by Crippen LogP contribution is -2.26. The van der Waals surface area contributed by atoms with Gasteiger partial charge in [0.15, 0.2) is 0 Å². The summed E-state index contributed by atoms with van der Waals surface area (Å²) in [5.74, 6) is 0. The molecule has 1 aromatic rings. The van der Waals surface area contributed by atoms with Crippen molar-refractivity contribution >= 4 is 51.5 Å². The Balaban J connectivity index is 2.76. The molecule has 1 rings (SSSR count). The highest BCUT2D eigenvalue weighted by Crippen LogP contribution is 2.28. The van der Waals surface area contributed by atoms with E-state index in [2.05, 4.69) is 18.7 Å². The Morgan fingerprint density at radius 2 is 1.69 bits per heavy atom. The normalized spacial score (nSPS) is 10.2. The number of nitrogens with zero attached hydrogens (tertiary/aromatic N) is 1. The lowest BCUT2D eigenvalue weighted by atomic mass is 10.4. The van der Waals surface area contributed by atoms with Gasteiger partial charge in [0.05, 0.1) is 0 Å². The molecule has 1 nitrogen and oxygen atoms in total. The molecule has 16 heavy (non-hydrogen) atoms. The average Bonchev–Trinajstić information content (AvgIpc) is 2.17. The maximum absolute atomic E-state index is 5.93. The highest BCUT2D eigenvalue weighted by molar-refractivity contribution is 8.22. The second-order valence-corrected chi connectivity index (χ2v) is 5.73. The molecule has 0 aromatic heterocycles. The third kappa shape index (κ3) is 4.13. The van der Waals surface area contributed by atoms with Crippen molar-refractivity contribution in [2.24, 2.45) is 0 Å². The van der Waals surface area contributed by atoms with Crippen LogP contribution in [-0.2, 0) is 0 Å². The van der Waals surface area contributed by atoms with Gasteiger partial charge >= 0.3 is 0 Å². The van der Waals surface area contributed by atoms with Crippen LogP contribution >= 0.6 is 47.2 Å². The van der Waals surface area contributed by atoms with E-state index < -0.39 is 0 Å². The van der Waals surface area contributed by atoms with E-state index in [0.29, 0.717) is 10.0 Å². The van der Waals surface area contributed by atoms with Crippen molar-refractivity contribution in [3.8, 4) is 0 Å². The topological polar surface area (TPSA) is 3.24 Å². The largest absolute Gasteiger partial charge is 0.358 e. The van der Waals surface area contributed by atoms with Gasteiger partial charge in [0.25, 0.3) is 0 Å². The number of hydrogen-bond donors (Lipinski definition) is 0. The molecule has 0 radical (unpaired) electrons. The van der Waals surface area contributed by atoms with Gasteiger partial charge in [-0.2, -0.15) is 0 Å². The summed E-state index contributed by atoms with van der Waals surface area (Å²) in [7, 11) is 0. The zero-order chi connectivity index (χ0) is 12.1. The molecular formula is C11H13Cl2NS2. The third-order valence-corrected chi connectivity index (χ3v) is 3.91. The molecule has 0 bridgehead atoms. The Kier molecular flexibility index (Phi) is 5.90. The van der Waals surface area contributed by atoms with Gasteiger partial charge in [0.1, 0.15) is 4.32 Å². The molecule has 0 saturated carbocycles. The summed E-state index contributed by atoms with van der Waals surface area (Å²) < 4.78 is 0.850. The lowest BCUT2D eigenvalue weighted by molar-refractivity contribution is 0.482. The molecule has 0 N–H and O–H groups in total. The van der Waals surface area contributed by atoms with Gasteiger partial charge in [0.2, 0.25) is 0 Å². The van der Waals surface area contributed by atoms with E-state index in [0.717, 1.165) is 22.3 Å². The van der Waals surface area contributed by atoms with Crippen molar-refractivity contribution in [2.45, 2.75) is 18.7 Å². The van der Waals surface area contributed by atoms with Crippen LogP contribution in [-0.4, -0.2) is 22.3 Å². The highest BCUT2D eigenvalue weighted by Gasteiger charge is 2.08. The third-order valence-electron chi connectivity index (χ3n) is 2.06. The van der Waals surface area contributed by atoms with Gasteiger partial charge in [-0.25, -0.2) is 0 Å². The van der Waals surface area contributed by atoms with E-state index >= 15 is 0 Å². The van der Waals surface area contributed by atoms with E-state index in [-0.39, 0.29) is 0 Å². The fourth-order valence-electron chi connectivity index (χ4n) is 1.23. The minimum absolute atomic E-state index is 0.636. The fraction of sp³-hybridized carbons (Fsp3) is 0.364. The molecule has 88 valence electrons. The van der Waals surface area contributed by atoms with Crippen molar-refractivity contribution in [3.05, 3.63) is 28.2 Å². The molecule has 0 saturated heterocycles. The second kappa shape index (κ2) is 6.70. The molecule has 0 aliphatic carbocycles. The van der Waals surface area contributed by atoms with Crippen molar-refractivity contribution in [2.75, 3.05) is 13.1 Å². The van der Waals surface area contributed by atoms with Crippen LogP contribution in [0.25, 0.3) is 0 Å². The summed E-state index contributed by atoms with van der Waals surface area (Å²) in [6, 6.07) is 5.45. The maximum Gasteiger partial charge on any atom is 0.141 e. The summed E-state index contributed by atoms with van der Waals surface area (Å²) in [5, 5.41) is 1.27. The second-order valence-electron chi connectivity index (χ2n) is 3.15. The summed E-state index contributed by atoms with van der Waals surface area (Å²) in [4.78, 5) is 3.10. The first kappa shape index (κ1) is 14.1. The SMILES string of the molecule is CCN(CC)C(=S)Sc1cc(Cl)cc(Cl)c1. The van der Waals surface area contributed by atoms with Gasteiger partial charge in [-0.15, -0.1) is 0 Å². The van der Waals surface area contributed by atoms with Gasteiger partial charge < -0.3 is 4.90 Å². The average molecular weight is 294 g/mol. The van der Waals surface area contributed by atoms with E-state index in [1.165, 1.54) is 11.8 Å². The molecule has 0 fully saturated rings. The van der Waals surface area contributed by atoms with Crippen LogP contribution in [0.1, 0.15) is 13.8 Å². The van der Waals surface area contributed by atoms with Gasteiger partial charge in [0, 0.05) is 28.0 Å². The van der Waals surface area contributed by atoms with Crippen LogP contribution in [0.3, 0.4) is 0 Å². The molecular weight excluding hydrogens is 281 g/mol. The summed E-state index contributed by atoms with van der Waals surface area (Å²) >= 11 is 18.7. The predicted octanol–water partition coefficient (Wildman–Crippen LogP) is 4.71. The standard InChI is InChI=1S/C11H13Cl2NS2/c1-3-14(4-2)11(15)16-10-6-8(12)5-9(13)7-10/h5-7H,3-4H2,1-2H3. The molecule has 0 aliphatic heterocycles. The van der Waals surface area contributed by atoms with Crippen LogP contribution < -0.4 is 0 Å². The predicted molar refractivity (Wildman–Crippen MR) is 77.8 cm³/mol. The van der Waals surface area contributed by atoms with E-state index in [1.54, 1.807) is 6.07 Å². The quantitative estimate of drug-likeness (QED) is 0.587. The van der Waals surface area contributed by atoms with Gasteiger partial charge in [-0.3, -0.25) is 0 Å². The highest BCUT2D eigenvalue weighted by atomic mass is 35.5. The van der Waals surface area contributed by atoms with Crippen molar-refractivity contribution in [3.63, 3.8) is 0 Å². The Bertz CT molecular complexity index is 358. The first-order valence-corrected chi connectivity index (χ1v) is 6.97. The first-order valence-electron chi connectivity index (χ1n) is 4.99. The monoisotopic (exact) mass is 293 g/mol. The Morgan fingerprint density at radius 1 is 1.19 bits per heavy atom. The van der Waals surface area contributed by atoms with E-state index in [9.17, 15) is 0 Å². The van der Waals surface area contributed by atoms with Crippen LogP contribution in [0.15, 0.2) is 23.1 Å². The molecule has 5 heteroatoms. The number of rotatable bonds is 3. The Morgan fingerprint density at radius 3 is 2.12 bits per heavy atom. The zero-order valence-corrected chi connectivity index (χ0v) is 12.3. The summed E-state index contributed by atoms with van der Waals surface area (Å²) in [5.41, 5.74) is 0. The zero-order valence-electron chi connectivity index (χ0n) is 9.17. The van der Waals surface area contributed by atoms with Crippen molar-refractivity contribution < 1.29 is 0 Å². The molecule has 0 unspecified atom stereocenters. The minimum Gasteiger partial charge on any atom is -0.358 e. The number of halogens is 2. The number of thiocarbonyl (C=S) groups is 1. The summed E-state index contributed by atoms with van der Waals surface area (Å²) in [6.45, 7) is 6.00. The Labute approximate surface area is 116 Å². The van der Waals surface area contributed by atoms with E-state index in [1.807, 2.05) is 12.1 Å². The Hall–Kier alpha value is 0.0400. The molecule has 0 aliphatic rings. The van der Waals surface area contributed by atoms with Crippen LogP contribution in [0.2, 0.25) is 10.0 Å². The van der Waals surface area contributed by atoms with Crippen LogP contribution in [0, 0.1) is 0 Å². The lowest BCUT2D eigenvalue weighted by Gasteiger charge is -2.20. The van der Waals surface area contributed by atoms with Crippen molar-refractivity contribution in [1.82, 2.24) is 4.90 Å². The number of hydrogen-bond acceptors (Lipinski definition) is 2. The number of benzene rings is 1. The molecule has 0 heterocycles. The smallest absolute Gasteiger partial charge is 0.141 e. The number of thioether (sulfide) groups is 1. The van der Waals surface area contributed by atoms with Gasteiger partial charge in [-0.1, -0.05) is 47.2 Å².